The van der Waals surface area contributed by atoms with Crippen molar-refractivity contribution < 1.29 is 4.74 Å². The molecule has 0 fully saturated rings. The fourth-order valence-electron chi connectivity index (χ4n) is 4.64. The molecule has 0 radical (unpaired) electrons. The molecule has 1 atom stereocenters. The van der Waals surface area contributed by atoms with Gasteiger partial charge in [0.2, 0.25) is 0 Å². The van der Waals surface area contributed by atoms with Gasteiger partial charge >= 0.3 is 0 Å². The number of rotatable bonds is 24. The van der Waals surface area contributed by atoms with Crippen LogP contribution in [-0.2, 0) is 10.9 Å². The summed E-state index contributed by atoms with van der Waals surface area (Å²) in [5.41, 5.74) is 0. The zero-order valence-electron chi connectivity index (χ0n) is 23.5. The average molecular weight is 519 g/mol. The first-order chi connectivity index (χ1) is 17.8. The van der Waals surface area contributed by atoms with Gasteiger partial charge in [-0.3, -0.25) is 0 Å². The van der Waals surface area contributed by atoms with Crippen LogP contribution in [-0.4, -0.2) is 17.6 Å². The van der Waals surface area contributed by atoms with Crippen molar-refractivity contribution in [1.29, 1.82) is 0 Å². The van der Waals surface area contributed by atoms with Crippen LogP contribution in [0.15, 0.2) is 44.1 Å². The van der Waals surface area contributed by atoms with Crippen molar-refractivity contribution in [3.63, 3.8) is 0 Å². The molecule has 0 saturated heterocycles. The molecule has 206 valence electrons. The lowest BCUT2D eigenvalue weighted by Gasteiger charge is -2.16. The Hall–Kier alpha value is -1.43. The number of nitrogens with zero attached hydrogens (tertiary/aromatic N) is 4. The van der Waals surface area contributed by atoms with Crippen LogP contribution in [0.5, 0.6) is 5.75 Å². The summed E-state index contributed by atoms with van der Waals surface area (Å²) >= 11 is 0. The third kappa shape index (κ3) is 14.3. The SMILES string of the molecule is CCCCCCCCCCCCOc1ccc(S2=NN=NN2CCCCCCCCCCCC)cc1. The first-order valence-corrected chi connectivity index (χ1v) is 16.4. The van der Waals surface area contributed by atoms with Crippen LogP contribution in [0.1, 0.15) is 142 Å². The highest BCUT2D eigenvalue weighted by atomic mass is 32.2. The normalized spacial score (nSPS) is 14.9. The Bertz CT molecular complexity index is 707. The molecule has 1 aliphatic heterocycles. The predicted octanol–water partition coefficient (Wildman–Crippen LogP) is 10.6. The van der Waals surface area contributed by atoms with Crippen molar-refractivity contribution in [2.45, 2.75) is 147 Å². The van der Waals surface area contributed by atoms with Crippen molar-refractivity contribution in [2.75, 3.05) is 13.2 Å². The Morgan fingerprint density at radius 2 is 1.08 bits per heavy atom. The third-order valence-corrected chi connectivity index (χ3v) is 8.53. The molecule has 1 aliphatic rings. The van der Waals surface area contributed by atoms with Gasteiger partial charge in [-0.1, -0.05) is 134 Å². The second-order valence-electron chi connectivity index (χ2n) is 10.3. The van der Waals surface area contributed by atoms with Gasteiger partial charge in [-0.05, 0) is 47.6 Å². The molecule has 0 bridgehead atoms. The number of hydrogen-bond acceptors (Lipinski definition) is 5. The minimum atomic E-state index is -0.396. The monoisotopic (exact) mass is 518 g/mol. The quantitative estimate of drug-likeness (QED) is 0.128. The Labute approximate surface area is 225 Å². The van der Waals surface area contributed by atoms with Gasteiger partial charge < -0.3 is 4.74 Å². The molecule has 0 N–H and O–H groups in total. The summed E-state index contributed by atoms with van der Waals surface area (Å²) in [6, 6.07) is 8.40. The second kappa shape index (κ2) is 21.6. The van der Waals surface area contributed by atoms with E-state index < -0.39 is 10.9 Å². The van der Waals surface area contributed by atoms with Gasteiger partial charge in [0, 0.05) is 4.90 Å². The van der Waals surface area contributed by atoms with Crippen molar-refractivity contribution >= 4 is 10.9 Å². The molecule has 6 heteroatoms. The molecule has 0 aliphatic carbocycles. The van der Waals surface area contributed by atoms with Gasteiger partial charge in [0.25, 0.3) is 0 Å². The number of hydrogen-bond donors (Lipinski definition) is 0. The molecule has 36 heavy (non-hydrogen) atoms. The molecular weight excluding hydrogens is 464 g/mol. The summed E-state index contributed by atoms with van der Waals surface area (Å²) in [6.45, 7) is 6.30. The van der Waals surface area contributed by atoms with Gasteiger partial charge in [0.15, 0.2) is 0 Å². The predicted molar refractivity (Wildman–Crippen MR) is 155 cm³/mol. The fraction of sp³-hybridized carbons (Fsp3) is 0.800. The Morgan fingerprint density at radius 1 is 0.611 bits per heavy atom. The van der Waals surface area contributed by atoms with Crippen LogP contribution in [0.25, 0.3) is 0 Å². The molecule has 0 spiro atoms. The van der Waals surface area contributed by atoms with E-state index in [2.05, 4.69) is 57.4 Å². The lowest BCUT2D eigenvalue weighted by atomic mass is 10.1. The van der Waals surface area contributed by atoms with Crippen molar-refractivity contribution in [2.24, 2.45) is 14.9 Å². The first kappa shape index (κ1) is 30.8. The van der Waals surface area contributed by atoms with Crippen LogP contribution in [0.4, 0.5) is 0 Å². The third-order valence-electron chi connectivity index (χ3n) is 6.96. The van der Waals surface area contributed by atoms with Gasteiger partial charge in [0.05, 0.1) is 24.0 Å². The molecule has 1 heterocycles. The van der Waals surface area contributed by atoms with E-state index in [-0.39, 0.29) is 0 Å². The van der Waals surface area contributed by atoms with Crippen LogP contribution < -0.4 is 4.74 Å². The van der Waals surface area contributed by atoms with Crippen LogP contribution in [0.2, 0.25) is 0 Å². The van der Waals surface area contributed by atoms with Gasteiger partial charge in [0.1, 0.15) is 5.75 Å². The number of benzene rings is 1. The summed E-state index contributed by atoms with van der Waals surface area (Å²) in [4.78, 5) is 1.17. The number of unbranched alkanes of at least 4 members (excludes halogenated alkanes) is 18. The fourth-order valence-corrected chi connectivity index (χ4v) is 5.95. The topological polar surface area (TPSA) is 49.6 Å². The summed E-state index contributed by atoms with van der Waals surface area (Å²) < 4.78 is 12.4. The Balaban J connectivity index is 1.51. The summed E-state index contributed by atoms with van der Waals surface area (Å²) in [7, 11) is -0.396. The smallest absolute Gasteiger partial charge is 0.119 e. The molecule has 2 rings (SSSR count). The maximum Gasteiger partial charge on any atom is 0.119 e. The highest BCUT2D eigenvalue weighted by Crippen LogP contribution is 2.23. The first-order valence-electron chi connectivity index (χ1n) is 15.2. The minimum Gasteiger partial charge on any atom is -0.494 e. The van der Waals surface area contributed by atoms with Gasteiger partial charge in [-0.15, -0.1) is 0 Å². The average Bonchev–Trinajstić information content (AvgIpc) is 3.37. The van der Waals surface area contributed by atoms with Crippen molar-refractivity contribution in [3.8, 4) is 5.75 Å². The van der Waals surface area contributed by atoms with Crippen LogP contribution in [0.3, 0.4) is 0 Å². The van der Waals surface area contributed by atoms with Crippen molar-refractivity contribution in [1.82, 2.24) is 4.41 Å². The molecule has 1 aromatic rings. The largest absolute Gasteiger partial charge is 0.494 e. The summed E-state index contributed by atoms with van der Waals surface area (Å²) in [5.74, 6) is 0.951. The van der Waals surface area contributed by atoms with Crippen LogP contribution in [0, 0.1) is 0 Å². The van der Waals surface area contributed by atoms with E-state index in [0.29, 0.717) is 0 Å². The Morgan fingerprint density at radius 3 is 1.61 bits per heavy atom. The molecule has 1 aromatic carbocycles. The molecular formula is C30H54N4OS. The van der Waals surface area contributed by atoms with E-state index >= 15 is 0 Å². The van der Waals surface area contributed by atoms with E-state index in [1.807, 2.05) is 0 Å². The Kier molecular flexibility index (Phi) is 18.5. The van der Waals surface area contributed by atoms with Crippen LogP contribution >= 0.6 is 0 Å². The van der Waals surface area contributed by atoms with E-state index in [0.717, 1.165) is 31.7 Å². The lowest BCUT2D eigenvalue weighted by Crippen LogP contribution is -2.18. The summed E-state index contributed by atoms with van der Waals surface area (Å²) in [6.07, 6.45) is 27.0. The zero-order valence-corrected chi connectivity index (χ0v) is 24.3. The minimum absolute atomic E-state index is 0.396. The maximum absolute atomic E-state index is 5.97. The molecule has 1 unspecified atom stereocenters. The van der Waals surface area contributed by atoms with Crippen molar-refractivity contribution in [3.05, 3.63) is 24.3 Å². The molecule has 0 saturated carbocycles. The second-order valence-corrected chi connectivity index (χ2v) is 11.9. The molecule has 0 aromatic heterocycles. The zero-order chi connectivity index (χ0) is 25.5. The lowest BCUT2D eigenvalue weighted by molar-refractivity contribution is 0.304. The standard InChI is InChI=1S/C30H54N4OS/c1-3-5-7-9-11-13-15-17-19-21-27-34-32-31-33-36(34)30-25-23-29(24-26-30)35-28-22-20-18-16-14-12-10-8-6-4-2/h23-26H,3-22,27-28H2,1-2H3. The number of ether oxygens (including phenoxy) is 1. The maximum atomic E-state index is 5.97. The van der Waals surface area contributed by atoms with E-state index in [1.165, 1.54) is 120 Å². The summed E-state index contributed by atoms with van der Waals surface area (Å²) in [5, 5.41) is 8.25. The van der Waals surface area contributed by atoms with E-state index in [1.54, 1.807) is 0 Å². The highest BCUT2D eigenvalue weighted by molar-refractivity contribution is 7.85. The molecule has 5 nitrogen and oxygen atoms in total. The van der Waals surface area contributed by atoms with Gasteiger partial charge in [-0.25, -0.2) is 4.41 Å². The van der Waals surface area contributed by atoms with E-state index in [9.17, 15) is 0 Å². The highest BCUT2D eigenvalue weighted by Gasteiger charge is 2.16. The van der Waals surface area contributed by atoms with Gasteiger partial charge in [-0.2, -0.15) is 0 Å². The van der Waals surface area contributed by atoms with E-state index in [4.69, 9.17) is 4.74 Å². The molecule has 0 amide bonds.